The number of likely N-dealkylation sites (tertiary alicyclic amines) is 1. The predicted molar refractivity (Wildman–Crippen MR) is 58.5 cm³/mol. The van der Waals surface area contributed by atoms with Crippen molar-refractivity contribution in [3.63, 3.8) is 0 Å². The van der Waals surface area contributed by atoms with Gasteiger partial charge in [0.25, 0.3) is 5.91 Å². The molecule has 1 aromatic heterocycles. The summed E-state index contributed by atoms with van der Waals surface area (Å²) in [5.41, 5.74) is 0.299. The van der Waals surface area contributed by atoms with Crippen LogP contribution < -0.4 is 0 Å². The van der Waals surface area contributed by atoms with Gasteiger partial charge in [0.2, 0.25) is 0 Å². The van der Waals surface area contributed by atoms with Crippen LogP contribution in [-0.2, 0) is 7.05 Å². The number of hydrogen-bond acceptors (Lipinski definition) is 4. The van der Waals surface area contributed by atoms with Crippen molar-refractivity contribution in [2.45, 2.75) is 0 Å². The Bertz CT molecular complexity index is 462. The number of aliphatic hydroxyl groups excluding tert-OH is 1. The van der Waals surface area contributed by atoms with Crippen molar-refractivity contribution in [3.05, 3.63) is 27.9 Å². The topological polar surface area (TPSA) is 88.6 Å². The van der Waals surface area contributed by atoms with Crippen molar-refractivity contribution < 1.29 is 14.8 Å². The first-order chi connectivity index (χ1) is 8.04. The Balaban J connectivity index is 2.13. The molecule has 1 N–H and O–H groups in total. The molecule has 0 saturated carbocycles. The second-order valence-electron chi connectivity index (χ2n) is 4.15. The summed E-state index contributed by atoms with van der Waals surface area (Å²) >= 11 is 0. The highest BCUT2D eigenvalue weighted by molar-refractivity contribution is 5.93. The summed E-state index contributed by atoms with van der Waals surface area (Å²) in [4.78, 5) is 23.6. The second-order valence-corrected chi connectivity index (χ2v) is 4.15. The lowest BCUT2D eigenvalue weighted by atomic mass is 10.0. The molecule has 1 aromatic rings. The van der Waals surface area contributed by atoms with Crippen molar-refractivity contribution in [2.75, 3.05) is 19.7 Å². The average molecular weight is 239 g/mol. The third-order valence-electron chi connectivity index (χ3n) is 3.00. The zero-order chi connectivity index (χ0) is 12.6. The van der Waals surface area contributed by atoms with E-state index in [0.717, 1.165) is 0 Å². The Hall–Kier alpha value is -1.89. The van der Waals surface area contributed by atoms with Crippen LogP contribution in [0.5, 0.6) is 0 Å². The number of nitro groups is 1. The van der Waals surface area contributed by atoms with E-state index in [2.05, 4.69) is 0 Å². The fourth-order valence-corrected chi connectivity index (χ4v) is 1.91. The first kappa shape index (κ1) is 11.6. The zero-order valence-electron chi connectivity index (χ0n) is 9.37. The van der Waals surface area contributed by atoms with Crippen molar-refractivity contribution in [2.24, 2.45) is 13.0 Å². The Kier molecular flexibility index (Phi) is 2.84. The van der Waals surface area contributed by atoms with E-state index in [1.165, 1.54) is 23.7 Å². The van der Waals surface area contributed by atoms with Gasteiger partial charge in [-0.2, -0.15) is 0 Å². The summed E-state index contributed by atoms with van der Waals surface area (Å²) in [5, 5.41) is 19.5. The van der Waals surface area contributed by atoms with Crippen LogP contribution >= 0.6 is 0 Å². The summed E-state index contributed by atoms with van der Waals surface area (Å²) in [5.74, 6) is -0.202. The van der Waals surface area contributed by atoms with Crippen LogP contribution in [0.2, 0.25) is 0 Å². The molecule has 2 heterocycles. The molecule has 1 amide bonds. The fraction of sp³-hybridized carbons (Fsp3) is 0.500. The number of hydrogen-bond donors (Lipinski definition) is 1. The Morgan fingerprint density at radius 1 is 1.59 bits per heavy atom. The minimum Gasteiger partial charge on any atom is -0.396 e. The van der Waals surface area contributed by atoms with Crippen molar-refractivity contribution in [1.29, 1.82) is 0 Å². The standard InChI is InChI=1S/C10H13N3O4/c1-11-8(2-3-9(11)13(16)17)10(15)12-4-7(5-12)6-14/h2-3,7,14H,4-6H2,1H3. The lowest BCUT2D eigenvalue weighted by Crippen LogP contribution is -2.51. The van der Waals surface area contributed by atoms with Crippen molar-refractivity contribution in [3.8, 4) is 0 Å². The normalized spacial score (nSPS) is 15.8. The Morgan fingerprint density at radius 3 is 2.71 bits per heavy atom. The van der Waals surface area contributed by atoms with Crippen LogP contribution in [0.25, 0.3) is 0 Å². The van der Waals surface area contributed by atoms with E-state index < -0.39 is 4.92 Å². The van der Waals surface area contributed by atoms with E-state index in [4.69, 9.17) is 5.11 Å². The molecular weight excluding hydrogens is 226 g/mol. The molecule has 7 heteroatoms. The minimum absolute atomic E-state index is 0.0665. The molecule has 92 valence electrons. The van der Waals surface area contributed by atoms with Crippen LogP contribution in [0.15, 0.2) is 12.1 Å². The first-order valence-corrected chi connectivity index (χ1v) is 5.25. The van der Waals surface area contributed by atoms with Gasteiger partial charge < -0.3 is 20.1 Å². The Morgan fingerprint density at radius 2 is 2.24 bits per heavy atom. The maximum atomic E-state index is 11.9. The zero-order valence-corrected chi connectivity index (χ0v) is 9.37. The van der Waals surface area contributed by atoms with Gasteiger partial charge in [-0.25, -0.2) is 4.57 Å². The summed E-state index contributed by atoms with van der Waals surface area (Å²) in [6, 6.07) is 2.77. The number of aromatic nitrogens is 1. The molecule has 1 fully saturated rings. The molecule has 7 nitrogen and oxygen atoms in total. The van der Waals surface area contributed by atoms with Gasteiger partial charge in [-0.05, 0) is 11.0 Å². The maximum Gasteiger partial charge on any atom is 0.323 e. The molecule has 0 atom stereocenters. The molecule has 1 aliphatic heterocycles. The fourth-order valence-electron chi connectivity index (χ4n) is 1.91. The van der Waals surface area contributed by atoms with E-state index in [9.17, 15) is 14.9 Å². The summed E-state index contributed by atoms with van der Waals surface area (Å²) < 4.78 is 1.27. The number of carbonyl (C=O) groups excluding carboxylic acids is 1. The molecule has 17 heavy (non-hydrogen) atoms. The highest BCUT2D eigenvalue weighted by Crippen LogP contribution is 2.21. The number of nitrogens with zero attached hydrogens (tertiary/aromatic N) is 3. The summed E-state index contributed by atoms with van der Waals surface area (Å²) in [6.45, 7) is 1.08. The summed E-state index contributed by atoms with van der Waals surface area (Å²) in [7, 11) is 1.49. The molecule has 0 unspecified atom stereocenters. The second kappa shape index (κ2) is 4.17. The average Bonchev–Trinajstić information content (AvgIpc) is 2.58. The largest absolute Gasteiger partial charge is 0.396 e. The van der Waals surface area contributed by atoms with E-state index in [1.54, 1.807) is 4.90 Å². The maximum absolute atomic E-state index is 11.9. The SMILES string of the molecule is Cn1c(C(=O)N2CC(CO)C2)ccc1[N+](=O)[O-]. The number of rotatable bonds is 3. The smallest absolute Gasteiger partial charge is 0.323 e. The van der Waals surface area contributed by atoms with E-state index in [0.29, 0.717) is 18.8 Å². The molecule has 1 aliphatic rings. The molecule has 0 bridgehead atoms. The third-order valence-corrected chi connectivity index (χ3v) is 3.00. The van der Waals surface area contributed by atoms with Gasteiger partial charge in [-0.15, -0.1) is 0 Å². The molecule has 1 saturated heterocycles. The quantitative estimate of drug-likeness (QED) is 0.593. The molecular formula is C10H13N3O4. The third kappa shape index (κ3) is 1.89. The van der Waals surface area contributed by atoms with Crippen molar-refractivity contribution >= 4 is 11.7 Å². The van der Waals surface area contributed by atoms with Gasteiger partial charge in [-0.3, -0.25) is 4.79 Å². The molecule has 2 rings (SSSR count). The molecule has 0 aliphatic carbocycles. The number of amides is 1. The molecule has 0 radical (unpaired) electrons. The van der Waals surface area contributed by atoms with Gasteiger partial charge in [-0.1, -0.05) is 0 Å². The first-order valence-electron chi connectivity index (χ1n) is 5.25. The van der Waals surface area contributed by atoms with Crippen LogP contribution in [0, 0.1) is 16.0 Å². The molecule has 0 spiro atoms. The highest BCUT2D eigenvalue weighted by Gasteiger charge is 2.33. The number of aliphatic hydroxyl groups is 1. The summed E-state index contributed by atoms with van der Waals surface area (Å²) in [6.07, 6.45) is 0. The van der Waals surface area contributed by atoms with Gasteiger partial charge >= 0.3 is 5.82 Å². The van der Waals surface area contributed by atoms with Crippen molar-refractivity contribution in [1.82, 2.24) is 9.47 Å². The van der Waals surface area contributed by atoms with Crippen LogP contribution in [-0.4, -0.2) is 45.1 Å². The van der Waals surface area contributed by atoms with Crippen LogP contribution in [0.4, 0.5) is 5.82 Å². The van der Waals surface area contributed by atoms with Crippen LogP contribution in [0.3, 0.4) is 0 Å². The van der Waals surface area contributed by atoms with Gasteiger partial charge in [0.05, 0.1) is 7.05 Å². The monoisotopic (exact) mass is 239 g/mol. The Labute approximate surface area is 97.4 Å². The van der Waals surface area contributed by atoms with Gasteiger partial charge in [0, 0.05) is 31.7 Å². The van der Waals surface area contributed by atoms with Gasteiger partial charge in [0.1, 0.15) is 0 Å². The molecule has 0 aromatic carbocycles. The van der Waals surface area contributed by atoms with E-state index in [-0.39, 0.29) is 24.2 Å². The number of carbonyl (C=O) groups is 1. The van der Waals surface area contributed by atoms with E-state index >= 15 is 0 Å². The van der Waals surface area contributed by atoms with E-state index in [1.807, 2.05) is 0 Å². The predicted octanol–water partition coefficient (Wildman–Crippen LogP) is -0.00240. The minimum atomic E-state index is -0.524. The van der Waals surface area contributed by atoms with Crippen LogP contribution in [0.1, 0.15) is 10.5 Å². The highest BCUT2D eigenvalue weighted by atomic mass is 16.6. The lowest BCUT2D eigenvalue weighted by Gasteiger charge is -2.37. The lowest BCUT2D eigenvalue weighted by molar-refractivity contribution is -0.391. The van der Waals surface area contributed by atoms with Gasteiger partial charge in [0.15, 0.2) is 5.69 Å².